The van der Waals surface area contributed by atoms with Gasteiger partial charge in [0.15, 0.2) is 0 Å². The Bertz CT molecular complexity index is 411. The number of rotatable bonds is 5. The molecule has 1 heterocycles. The second-order valence-corrected chi connectivity index (χ2v) is 5.60. The molecule has 0 amide bonds. The third kappa shape index (κ3) is 4.10. The van der Waals surface area contributed by atoms with E-state index in [1.54, 1.807) is 6.07 Å². The zero-order valence-corrected chi connectivity index (χ0v) is 12.2. The Labute approximate surface area is 120 Å². The van der Waals surface area contributed by atoms with E-state index in [4.69, 9.17) is 21.4 Å². The topological polar surface area (TPSA) is 32.7 Å². The fourth-order valence-corrected chi connectivity index (χ4v) is 2.83. The molecule has 1 N–H and O–H groups in total. The third-order valence-corrected chi connectivity index (χ3v) is 4.10. The van der Waals surface area contributed by atoms with Gasteiger partial charge in [0, 0.05) is 6.04 Å². The highest BCUT2D eigenvalue weighted by Gasteiger charge is 2.18. The maximum atomic E-state index is 9.02. The van der Waals surface area contributed by atoms with Crippen LogP contribution in [0.3, 0.4) is 0 Å². The van der Waals surface area contributed by atoms with Crippen LogP contribution < -0.4 is 4.74 Å². The molecule has 106 valence electrons. The summed E-state index contributed by atoms with van der Waals surface area (Å²) in [6.45, 7) is 1.89. The molecule has 1 unspecified atom stereocenters. The highest BCUT2D eigenvalue weighted by atomic mass is 35.5. The number of aliphatic hydroxyl groups excluding tert-OH is 1. The van der Waals surface area contributed by atoms with Crippen LogP contribution in [0.25, 0.3) is 0 Å². The quantitative estimate of drug-likeness (QED) is 0.901. The minimum atomic E-state index is 0.00681. The summed E-state index contributed by atoms with van der Waals surface area (Å²) in [6.07, 6.45) is 4.93. The molecular weight excluding hydrogens is 262 g/mol. The average Bonchev–Trinajstić information content (AvgIpc) is 2.42. The lowest BCUT2D eigenvalue weighted by molar-refractivity contribution is 0.153. The van der Waals surface area contributed by atoms with Gasteiger partial charge >= 0.3 is 0 Å². The standard InChI is InChI=1S/C15H22ClNO2/c1-17-8-3-2-4-13(17)7-9-19-15-6-5-12(11-18)10-14(15)16/h5-6,10,13,18H,2-4,7-9,11H2,1H3. The molecule has 4 heteroatoms. The predicted octanol–water partition coefficient (Wildman–Crippen LogP) is 3.09. The van der Waals surface area contributed by atoms with E-state index in [9.17, 15) is 0 Å². The van der Waals surface area contributed by atoms with Crippen LogP contribution in [0, 0.1) is 0 Å². The summed E-state index contributed by atoms with van der Waals surface area (Å²) < 4.78 is 5.75. The highest BCUT2D eigenvalue weighted by molar-refractivity contribution is 6.32. The van der Waals surface area contributed by atoms with Crippen LogP contribution in [-0.4, -0.2) is 36.2 Å². The van der Waals surface area contributed by atoms with E-state index in [1.165, 1.54) is 25.8 Å². The molecule has 1 saturated heterocycles. The maximum Gasteiger partial charge on any atom is 0.137 e. The first kappa shape index (κ1) is 14.6. The van der Waals surface area contributed by atoms with Crippen molar-refractivity contribution in [3.63, 3.8) is 0 Å². The van der Waals surface area contributed by atoms with Gasteiger partial charge in [-0.2, -0.15) is 0 Å². The van der Waals surface area contributed by atoms with Crippen molar-refractivity contribution in [1.29, 1.82) is 0 Å². The van der Waals surface area contributed by atoms with Gasteiger partial charge in [-0.25, -0.2) is 0 Å². The van der Waals surface area contributed by atoms with Gasteiger partial charge in [-0.3, -0.25) is 0 Å². The summed E-state index contributed by atoms with van der Waals surface area (Å²) in [5.74, 6) is 0.706. The number of likely N-dealkylation sites (tertiary alicyclic amines) is 1. The van der Waals surface area contributed by atoms with E-state index >= 15 is 0 Å². The van der Waals surface area contributed by atoms with E-state index < -0.39 is 0 Å². The van der Waals surface area contributed by atoms with Gasteiger partial charge in [0.2, 0.25) is 0 Å². The van der Waals surface area contributed by atoms with Crippen LogP contribution in [0.5, 0.6) is 5.75 Å². The first-order chi connectivity index (χ1) is 9.20. The lowest BCUT2D eigenvalue weighted by Crippen LogP contribution is -2.37. The molecule has 2 rings (SSSR count). The predicted molar refractivity (Wildman–Crippen MR) is 77.8 cm³/mol. The number of benzene rings is 1. The minimum Gasteiger partial charge on any atom is -0.492 e. The van der Waals surface area contributed by atoms with Gasteiger partial charge in [0.25, 0.3) is 0 Å². The van der Waals surface area contributed by atoms with Gasteiger partial charge in [0.1, 0.15) is 5.75 Å². The number of aliphatic hydroxyl groups is 1. The lowest BCUT2D eigenvalue weighted by Gasteiger charge is -2.32. The number of ether oxygens (including phenoxy) is 1. The van der Waals surface area contributed by atoms with Crippen LogP contribution in [0.4, 0.5) is 0 Å². The number of nitrogens with zero attached hydrogens (tertiary/aromatic N) is 1. The van der Waals surface area contributed by atoms with Crippen molar-refractivity contribution in [2.24, 2.45) is 0 Å². The Morgan fingerprint density at radius 2 is 2.26 bits per heavy atom. The maximum absolute atomic E-state index is 9.02. The molecule has 1 aromatic rings. The Balaban J connectivity index is 1.82. The smallest absolute Gasteiger partial charge is 0.137 e. The molecule has 19 heavy (non-hydrogen) atoms. The normalized spacial score (nSPS) is 20.5. The van der Waals surface area contributed by atoms with Crippen LogP contribution in [0.1, 0.15) is 31.2 Å². The largest absolute Gasteiger partial charge is 0.492 e. The van der Waals surface area contributed by atoms with Gasteiger partial charge < -0.3 is 14.7 Å². The van der Waals surface area contributed by atoms with Gasteiger partial charge in [-0.05, 0) is 50.6 Å². The number of hydrogen-bond donors (Lipinski definition) is 1. The lowest BCUT2D eigenvalue weighted by atomic mass is 10.0. The van der Waals surface area contributed by atoms with Gasteiger partial charge in [0.05, 0.1) is 18.2 Å². The van der Waals surface area contributed by atoms with Crippen molar-refractivity contribution in [2.75, 3.05) is 20.2 Å². The molecule has 3 nitrogen and oxygen atoms in total. The molecule has 1 atom stereocenters. The molecule has 0 aliphatic carbocycles. The zero-order valence-electron chi connectivity index (χ0n) is 11.4. The first-order valence-corrected chi connectivity index (χ1v) is 7.31. The zero-order chi connectivity index (χ0) is 13.7. The van der Waals surface area contributed by atoms with Crippen molar-refractivity contribution < 1.29 is 9.84 Å². The molecule has 0 aromatic heterocycles. The number of hydrogen-bond acceptors (Lipinski definition) is 3. The van der Waals surface area contributed by atoms with Crippen molar-refractivity contribution in [3.05, 3.63) is 28.8 Å². The van der Waals surface area contributed by atoms with Crippen molar-refractivity contribution in [3.8, 4) is 5.75 Å². The summed E-state index contributed by atoms with van der Waals surface area (Å²) in [5, 5.41) is 9.60. The van der Waals surface area contributed by atoms with Crippen LogP contribution >= 0.6 is 11.6 Å². The summed E-state index contributed by atoms with van der Waals surface area (Å²) >= 11 is 6.11. The summed E-state index contributed by atoms with van der Waals surface area (Å²) in [7, 11) is 2.19. The number of piperidine rings is 1. The Morgan fingerprint density at radius 3 is 2.95 bits per heavy atom. The highest BCUT2D eigenvalue weighted by Crippen LogP contribution is 2.26. The molecule has 0 radical (unpaired) electrons. The Kier molecular flexibility index (Phi) is 5.49. The van der Waals surface area contributed by atoms with Crippen molar-refractivity contribution >= 4 is 11.6 Å². The molecule has 1 aliphatic heterocycles. The molecule has 1 aliphatic rings. The van der Waals surface area contributed by atoms with E-state index in [0.717, 1.165) is 12.0 Å². The summed E-state index contributed by atoms with van der Waals surface area (Å²) in [5.41, 5.74) is 0.810. The van der Waals surface area contributed by atoms with Gasteiger partial charge in [-0.15, -0.1) is 0 Å². The molecule has 0 bridgehead atoms. The fraction of sp³-hybridized carbons (Fsp3) is 0.600. The van der Waals surface area contributed by atoms with E-state index in [-0.39, 0.29) is 6.61 Å². The Morgan fingerprint density at radius 1 is 1.42 bits per heavy atom. The summed E-state index contributed by atoms with van der Waals surface area (Å²) in [6, 6.07) is 6.06. The fourth-order valence-electron chi connectivity index (χ4n) is 2.57. The SMILES string of the molecule is CN1CCCCC1CCOc1ccc(CO)cc1Cl. The monoisotopic (exact) mass is 283 g/mol. The second kappa shape index (κ2) is 7.13. The van der Waals surface area contributed by atoms with Crippen LogP contribution in [0.2, 0.25) is 5.02 Å². The molecule has 0 spiro atoms. The van der Waals surface area contributed by atoms with E-state index in [1.807, 2.05) is 12.1 Å². The van der Waals surface area contributed by atoms with Crippen molar-refractivity contribution in [2.45, 2.75) is 38.3 Å². The molecule has 1 fully saturated rings. The minimum absolute atomic E-state index is 0.00681. The third-order valence-electron chi connectivity index (χ3n) is 3.81. The van der Waals surface area contributed by atoms with Crippen LogP contribution in [-0.2, 0) is 6.61 Å². The first-order valence-electron chi connectivity index (χ1n) is 6.93. The van der Waals surface area contributed by atoms with E-state index in [0.29, 0.717) is 23.4 Å². The van der Waals surface area contributed by atoms with Crippen molar-refractivity contribution in [1.82, 2.24) is 4.90 Å². The summed E-state index contributed by atoms with van der Waals surface area (Å²) in [4.78, 5) is 2.42. The number of halogens is 1. The molecule has 0 saturated carbocycles. The average molecular weight is 284 g/mol. The second-order valence-electron chi connectivity index (χ2n) is 5.19. The molecular formula is C15H22ClNO2. The molecule has 1 aromatic carbocycles. The van der Waals surface area contributed by atoms with E-state index in [2.05, 4.69) is 11.9 Å². The van der Waals surface area contributed by atoms with Crippen LogP contribution in [0.15, 0.2) is 18.2 Å². The van der Waals surface area contributed by atoms with Gasteiger partial charge in [-0.1, -0.05) is 24.1 Å². The Hall–Kier alpha value is -0.770.